The highest BCUT2D eigenvalue weighted by atomic mass is 16.4. The highest BCUT2D eigenvalue weighted by molar-refractivity contribution is 5.94. The molecule has 1 saturated heterocycles. The van der Waals surface area contributed by atoms with Gasteiger partial charge in [0, 0.05) is 42.7 Å². The molecule has 2 heterocycles. The van der Waals surface area contributed by atoms with E-state index in [1.165, 1.54) is 11.2 Å². The first-order valence-corrected chi connectivity index (χ1v) is 9.31. The molecular formula is C22H20N4O3. The minimum atomic E-state index is -1.01. The number of amides is 2. The van der Waals surface area contributed by atoms with Crippen molar-refractivity contribution in [3.05, 3.63) is 78.9 Å². The molecule has 2 atom stereocenters. The van der Waals surface area contributed by atoms with E-state index < -0.39 is 12.0 Å². The van der Waals surface area contributed by atoms with E-state index in [1.54, 1.807) is 12.4 Å². The van der Waals surface area contributed by atoms with Gasteiger partial charge in [-0.2, -0.15) is 0 Å². The number of rotatable bonds is 4. The molecule has 0 radical (unpaired) electrons. The molecule has 2 amide bonds. The Kier molecular flexibility index (Phi) is 5.20. The van der Waals surface area contributed by atoms with Crippen molar-refractivity contribution in [3.8, 4) is 11.1 Å². The number of nitrogens with zero attached hydrogens (tertiary/aromatic N) is 3. The molecule has 1 fully saturated rings. The summed E-state index contributed by atoms with van der Waals surface area (Å²) in [5.74, 6) is -0.834. The molecule has 29 heavy (non-hydrogen) atoms. The first kappa shape index (κ1) is 18.6. The van der Waals surface area contributed by atoms with E-state index in [1.807, 2.05) is 54.6 Å². The Balaban J connectivity index is 1.56. The quantitative estimate of drug-likeness (QED) is 0.713. The molecule has 7 heteroatoms. The smallest absolute Gasteiger partial charge is 0.407 e. The maximum absolute atomic E-state index is 13.1. The second-order valence-electron chi connectivity index (χ2n) is 7.01. The first-order valence-electron chi connectivity index (χ1n) is 9.31. The molecule has 1 aliphatic heterocycles. The van der Waals surface area contributed by atoms with Crippen molar-refractivity contribution in [1.82, 2.24) is 14.9 Å². The van der Waals surface area contributed by atoms with Crippen LogP contribution in [0.4, 0.5) is 10.5 Å². The van der Waals surface area contributed by atoms with Crippen LogP contribution in [-0.2, 0) is 4.79 Å². The summed E-state index contributed by atoms with van der Waals surface area (Å²) in [5, 5.41) is 12.4. The standard InChI is InChI=1S/C22H20N4O3/c27-21(25-18-8-4-7-16(9-18)17-10-23-14-24-11-17)20-13-26(22(28)29)12-19(20)15-5-2-1-3-6-15/h1-11,14,19-20H,12-13H2,(H,25,27)(H,28,29)/t19-,20+/m1/s1. The Morgan fingerprint density at radius 1 is 0.966 bits per heavy atom. The van der Waals surface area contributed by atoms with Crippen LogP contribution in [0.3, 0.4) is 0 Å². The lowest BCUT2D eigenvalue weighted by Crippen LogP contribution is -2.30. The van der Waals surface area contributed by atoms with Crippen LogP contribution >= 0.6 is 0 Å². The van der Waals surface area contributed by atoms with Crippen molar-refractivity contribution < 1.29 is 14.7 Å². The Morgan fingerprint density at radius 3 is 2.45 bits per heavy atom. The zero-order valence-corrected chi connectivity index (χ0v) is 15.6. The van der Waals surface area contributed by atoms with Gasteiger partial charge in [0.05, 0.1) is 5.92 Å². The number of hydrogen-bond acceptors (Lipinski definition) is 4. The van der Waals surface area contributed by atoms with Crippen LogP contribution in [-0.4, -0.2) is 45.1 Å². The van der Waals surface area contributed by atoms with E-state index in [0.29, 0.717) is 12.2 Å². The van der Waals surface area contributed by atoms with Crippen LogP contribution in [0.5, 0.6) is 0 Å². The summed E-state index contributed by atoms with van der Waals surface area (Å²) >= 11 is 0. The largest absolute Gasteiger partial charge is 0.465 e. The predicted molar refractivity (Wildman–Crippen MR) is 108 cm³/mol. The van der Waals surface area contributed by atoms with Gasteiger partial charge < -0.3 is 15.3 Å². The van der Waals surface area contributed by atoms with E-state index in [0.717, 1.165) is 16.7 Å². The molecule has 0 unspecified atom stereocenters. The summed E-state index contributed by atoms with van der Waals surface area (Å²) in [5.41, 5.74) is 3.36. The van der Waals surface area contributed by atoms with E-state index >= 15 is 0 Å². The van der Waals surface area contributed by atoms with Crippen molar-refractivity contribution in [3.63, 3.8) is 0 Å². The molecule has 7 nitrogen and oxygen atoms in total. The number of benzene rings is 2. The number of anilines is 1. The van der Waals surface area contributed by atoms with Crippen LogP contribution in [0, 0.1) is 5.92 Å². The van der Waals surface area contributed by atoms with Crippen LogP contribution in [0.25, 0.3) is 11.1 Å². The molecule has 0 aliphatic carbocycles. The third kappa shape index (κ3) is 4.08. The predicted octanol–water partition coefficient (Wildman–Crippen LogP) is 3.48. The molecule has 0 bridgehead atoms. The normalized spacial score (nSPS) is 18.4. The lowest BCUT2D eigenvalue weighted by atomic mass is 9.88. The molecule has 1 aliphatic rings. The van der Waals surface area contributed by atoms with Gasteiger partial charge in [-0.1, -0.05) is 42.5 Å². The monoisotopic (exact) mass is 388 g/mol. The fourth-order valence-corrected chi connectivity index (χ4v) is 3.72. The van der Waals surface area contributed by atoms with Gasteiger partial charge in [0.25, 0.3) is 0 Å². The third-order valence-corrected chi connectivity index (χ3v) is 5.18. The van der Waals surface area contributed by atoms with Crippen LogP contribution in [0.2, 0.25) is 0 Å². The van der Waals surface area contributed by atoms with Gasteiger partial charge in [-0.15, -0.1) is 0 Å². The second-order valence-corrected chi connectivity index (χ2v) is 7.01. The highest BCUT2D eigenvalue weighted by Gasteiger charge is 2.40. The van der Waals surface area contributed by atoms with Crippen molar-refractivity contribution in [2.45, 2.75) is 5.92 Å². The van der Waals surface area contributed by atoms with Crippen molar-refractivity contribution in [1.29, 1.82) is 0 Å². The molecule has 0 saturated carbocycles. The average molecular weight is 388 g/mol. The van der Waals surface area contributed by atoms with Gasteiger partial charge in [-0.3, -0.25) is 4.79 Å². The van der Waals surface area contributed by atoms with Gasteiger partial charge in [-0.05, 0) is 23.3 Å². The Labute approximate surface area is 168 Å². The number of likely N-dealkylation sites (tertiary alicyclic amines) is 1. The number of hydrogen-bond donors (Lipinski definition) is 2. The van der Waals surface area contributed by atoms with E-state index in [9.17, 15) is 14.7 Å². The minimum absolute atomic E-state index is 0.174. The Bertz CT molecular complexity index is 1010. The summed E-state index contributed by atoms with van der Waals surface area (Å²) in [6, 6.07) is 17.0. The van der Waals surface area contributed by atoms with Gasteiger partial charge in [-0.25, -0.2) is 14.8 Å². The van der Waals surface area contributed by atoms with E-state index in [2.05, 4.69) is 15.3 Å². The zero-order valence-electron chi connectivity index (χ0n) is 15.6. The minimum Gasteiger partial charge on any atom is -0.465 e. The van der Waals surface area contributed by atoms with Crippen molar-refractivity contribution in [2.24, 2.45) is 5.92 Å². The van der Waals surface area contributed by atoms with Gasteiger partial charge in [0.2, 0.25) is 5.91 Å². The third-order valence-electron chi connectivity index (χ3n) is 5.18. The SMILES string of the molecule is O=C(Nc1cccc(-c2cncnc2)c1)[C@H]1CN(C(=O)O)C[C@@H]1c1ccccc1. The number of carbonyl (C=O) groups excluding carboxylic acids is 1. The summed E-state index contributed by atoms with van der Waals surface area (Å²) in [4.78, 5) is 33.9. The van der Waals surface area contributed by atoms with E-state index in [4.69, 9.17) is 0 Å². The topological polar surface area (TPSA) is 95.4 Å². The zero-order chi connectivity index (χ0) is 20.2. The van der Waals surface area contributed by atoms with Crippen molar-refractivity contribution in [2.75, 3.05) is 18.4 Å². The lowest BCUT2D eigenvalue weighted by molar-refractivity contribution is -0.119. The summed E-state index contributed by atoms with van der Waals surface area (Å²) in [6.45, 7) is 0.478. The number of carbonyl (C=O) groups is 2. The number of aromatic nitrogens is 2. The molecule has 2 aromatic carbocycles. The molecule has 3 aromatic rings. The molecule has 0 spiro atoms. The van der Waals surface area contributed by atoms with Gasteiger partial charge >= 0.3 is 6.09 Å². The summed E-state index contributed by atoms with van der Waals surface area (Å²) < 4.78 is 0. The fraction of sp³-hybridized carbons (Fsp3) is 0.182. The fourth-order valence-electron chi connectivity index (χ4n) is 3.72. The van der Waals surface area contributed by atoms with Gasteiger partial charge in [0.15, 0.2) is 0 Å². The molecule has 146 valence electrons. The first-order chi connectivity index (χ1) is 14.1. The number of nitrogens with one attached hydrogen (secondary N) is 1. The Morgan fingerprint density at radius 2 is 1.72 bits per heavy atom. The Hall–Kier alpha value is -3.74. The van der Waals surface area contributed by atoms with Crippen LogP contribution < -0.4 is 5.32 Å². The molecule has 1 aromatic heterocycles. The average Bonchev–Trinajstić information content (AvgIpc) is 3.21. The van der Waals surface area contributed by atoms with Crippen LogP contribution in [0.1, 0.15) is 11.5 Å². The van der Waals surface area contributed by atoms with E-state index in [-0.39, 0.29) is 18.4 Å². The van der Waals surface area contributed by atoms with Crippen LogP contribution in [0.15, 0.2) is 73.3 Å². The molecular weight excluding hydrogens is 368 g/mol. The second kappa shape index (κ2) is 8.10. The molecule has 2 N–H and O–H groups in total. The maximum atomic E-state index is 13.1. The highest BCUT2D eigenvalue weighted by Crippen LogP contribution is 2.34. The summed E-state index contributed by atoms with van der Waals surface area (Å²) in [7, 11) is 0. The number of carboxylic acid groups (broad SMARTS) is 1. The lowest BCUT2D eigenvalue weighted by Gasteiger charge is -2.18. The van der Waals surface area contributed by atoms with Crippen molar-refractivity contribution >= 4 is 17.7 Å². The molecule has 4 rings (SSSR count). The summed E-state index contributed by atoms with van der Waals surface area (Å²) in [6.07, 6.45) is 3.88. The maximum Gasteiger partial charge on any atom is 0.407 e. The van der Waals surface area contributed by atoms with Gasteiger partial charge in [0.1, 0.15) is 6.33 Å².